The topological polar surface area (TPSA) is 86.1 Å². The van der Waals surface area contributed by atoms with Crippen LogP contribution < -0.4 is 5.32 Å². The van der Waals surface area contributed by atoms with E-state index in [1.807, 2.05) is 6.92 Å². The maximum absolute atomic E-state index is 12.2. The summed E-state index contributed by atoms with van der Waals surface area (Å²) >= 11 is 0. The molecule has 0 aliphatic heterocycles. The van der Waals surface area contributed by atoms with Gasteiger partial charge in [0.2, 0.25) is 0 Å². The Kier molecular flexibility index (Phi) is 4.55. The summed E-state index contributed by atoms with van der Waals surface area (Å²) in [5.74, 6) is -0.966. The molecular weight excluding hydrogens is 284 g/mol. The SMILES string of the molecule is Cc1nn(C)c(C)c1NC(=O)[C@@H](C)OC(=O)c1ccncc1. The van der Waals surface area contributed by atoms with Crippen molar-refractivity contribution < 1.29 is 14.3 Å². The molecule has 0 unspecified atom stereocenters. The zero-order valence-corrected chi connectivity index (χ0v) is 13.0. The highest BCUT2D eigenvalue weighted by Gasteiger charge is 2.21. The number of amides is 1. The molecule has 2 aromatic heterocycles. The van der Waals surface area contributed by atoms with Crippen molar-refractivity contribution in [3.05, 3.63) is 41.5 Å². The van der Waals surface area contributed by atoms with Gasteiger partial charge < -0.3 is 10.1 Å². The molecule has 0 aliphatic rings. The van der Waals surface area contributed by atoms with Gasteiger partial charge in [0.25, 0.3) is 5.91 Å². The number of carbonyl (C=O) groups excluding carboxylic acids is 2. The number of aryl methyl sites for hydroxylation is 2. The summed E-state index contributed by atoms with van der Waals surface area (Å²) < 4.78 is 6.83. The molecule has 1 atom stereocenters. The van der Waals surface area contributed by atoms with Crippen LogP contribution in [0.4, 0.5) is 5.69 Å². The zero-order chi connectivity index (χ0) is 16.3. The fraction of sp³-hybridized carbons (Fsp3) is 0.333. The number of hydrogen-bond acceptors (Lipinski definition) is 5. The van der Waals surface area contributed by atoms with Gasteiger partial charge in [0.15, 0.2) is 6.10 Å². The molecular formula is C15H18N4O3. The van der Waals surface area contributed by atoms with Crippen molar-refractivity contribution >= 4 is 17.6 Å². The van der Waals surface area contributed by atoms with Crippen LogP contribution in [0.25, 0.3) is 0 Å². The molecule has 7 heteroatoms. The summed E-state index contributed by atoms with van der Waals surface area (Å²) in [5, 5.41) is 6.96. The first-order valence-corrected chi connectivity index (χ1v) is 6.82. The lowest BCUT2D eigenvalue weighted by Crippen LogP contribution is -2.30. The molecule has 0 fully saturated rings. The highest BCUT2D eigenvalue weighted by molar-refractivity contribution is 5.97. The lowest BCUT2D eigenvalue weighted by molar-refractivity contribution is -0.123. The third-order valence-electron chi connectivity index (χ3n) is 3.33. The minimum atomic E-state index is -0.917. The first-order chi connectivity index (χ1) is 10.4. The molecule has 0 aromatic carbocycles. The molecule has 2 heterocycles. The Morgan fingerprint density at radius 3 is 2.45 bits per heavy atom. The van der Waals surface area contributed by atoms with Gasteiger partial charge in [0.1, 0.15) is 0 Å². The molecule has 0 radical (unpaired) electrons. The van der Waals surface area contributed by atoms with E-state index in [2.05, 4.69) is 15.4 Å². The molecule has 0 saturated carbocycles. The number of nitrogens with one attached hydrogen (secondary N) is 1. The van der Waals surface area contributed by atoms with Gasteiger partial charge in [-0.1, -0.05) is 0 Å². The molecule has 7 nitrogen and oxygen atoms in total. The Morgan fingerprint density at radius 1 is 1.27 bits per heavy atom. The number of esters is 1. The van der Waals surface area contributed by atoms with Crippen LogP contribution in [0, 0.1) is 13.8 Å². The number of aromatic nitrogens is 3. The fourth-order valence-corrected chi connectivity index (χ4v) is 1.95. The molecule has 116 valence electrons. The predicted octanol–water partition coefficient (Wildman–Crippen LogP) is 1.62. The number of rotatable bonds is 4. The number of anilines is 1. The largest absolute Gasteiger partial charge is 0.449 e. The maximum Gasteiger partial charge on any atom is 0.339 e. The minimum Gasteiger partial charge on any atom is -0.449 e. The second-order valence-electron chi connectivity index (χ2n) is 4.94. The number of carbonyl (C=O) groups is 2. The average molecular weight is 302 g/mol. The summed E-state index contributed by atoms with van der Waals surface area (Å²) in [6, 6.07) is 3.06. The molecule has 2 rings (SSSR count). The summed E-state index contributed by atoms with van der Waals surface area (Å²) in [7, 11) is 1.80. The van der Waals surface area contributed by atoms with Crippen molar-refractivity contribution in [1.29, 1.82) is 0 Å². The average Bonchev–Trinajstić information content (AvgIpc) is 2.74. The summed E-state index contributed by atoms with van der Waals surface area (Å²) in [6.07, 6.45) is 2.06. The number of nitrogens with zero attached hydrogens (tertiary/aromatic N) is 3. The van der Waals surface area contributed by atoms with Crippen LogP contribution in [0.1, 0.15) is 28.7 Å². The minimum absolute atomic E-state index is 0.350. The van der Waals surface area contributed by atoms with Crippen LogP contribution in [0.15, 0.2) is 24.5 Å². The third-order valence-corrected chi connectivity index (χ3v) is 3.33. The van der Waals surface area contributed by atoms with Crippen LogP contribution in [0.2, 0.25) is 0 Å². The number of pyridine rings is 1. The highest BCUT2D eigenvalue weighted by Crippen LogP contribution is 2.18. The standard InChI is InChI=1S/C15H18N4O3/c1-9-13(10(2)19(4)18-9)17-14(20)11(3)22-15(21)12-5-7-16-8-6-12/h5-8,11H,1-4H3,(H,17,20)/t11-/m1/s1. The van der Waals surface area contributed by atoms with Crippen molar-refractivity contribution in [1.82, 2.24) is 14.8 Å². The highest BCUT2D eigenvalue weighted by atomic mass is 16.5. The van der Waals surface area contributed by atoms with E-state index in [1.54, 1.807) is 18.7 Å². The quantitative estimate of drug-likeness (QED) is 0.867. The fourth-order valence-electron chi connectivity index (χ4n) is 1.95. The van der Waals surface area contributed by atoms with Crippen LogP contribution in [-0.4, -0.2) is 32.7 Å². The molecule has 1 amide bonds. The molecule has 1 N–H and O–H groups in total. The Morgan fingerprint density at radius 2 is 1.91 bits per heavy atom. The second-order valence-corrected chi connectivity index (χ2v) is 4.94. The maximum atomic E-state index is 12.2. The first kappa shape index (κ1) is 15.7. The van der Waals surface area contributed by atoms with E-state index >= 15 is 0 Å². The summed E-state index contributed by atoms with van der Waals surface area (Å²) in [6.45, 7) is 5.18. The van der Waals surface area contributed by atoms with Gasteiger partial charge in [-0.25, -0.2) is 4.79 Å². The van der Waals surface area contributed by atoms with Crippen LogP contribution >= 0.6 is 0 Å². The van der Waals surface area contributed by atoms with Crippen molar-refractivity contribution in [3.8, 4) is 0 Å². The van der Waals surface area contributed by atoms with Gasteiger partial charge in [0, 0.05) is 19.4 Å². The van der Waals surface area contributed by atoms with Crippen LogP contribution in [0.5, 0.6) is 0 Å². The van der Waals surface area contributed by atoms with E-state index in [0.717, 1.165) is 5.69 Å². The monoisotopic (exact) mass is 302 g/mol. The Bertz CT molecular complexity index is 694. The smallest absolute Gasteiger partial charge is 0.339 e. The molecule has 0 aliphatic carbocycles. The molecule has 0 bridgehead atoms. The van der Waals surface area contributed by atoms with E-state index < -0.39 is 18.0 Å². The molecule has 22 heavy (non-hydrogen) atoms. The number of hydrogen-bond donors (Lipinski definition) is 1. The number of ether oxygens (including phenoxy) is 1. The Labute approximate surface area is 128 Å². The lowest BCUT2D eigenvalue weighted by Gasteiger charge is -2.13. The van der Waals surface area contributed by atoms with Gasteiger partial charge in [-0.2, -0.15) is 5.10 Å². The normalized spacial score (nSPS) is 11.8. The van der Waals surface area contributed by atoms with E-state index in [-0.39, 0.29) is 0 Å². The predicted molar refractivity (Wildman–Crippen MR) is 80.4 cm³/mol. The van der Waals surface area contributed by atoms with E-state index in [1.165, 1.54) is 31.5 Å². The van der Waals surface area contributed by atoms with Crippen LogP contribution in [0.3, 0.4) is 0 Å². The zero-order valence-electron chi connectivity index (χ0n) is 13.0. The van der Waals surface area contributed by atoms with Gasteiger partial charge in [-0.3, -0.25) is 14.5 Å². The van der Waals surface area contributed by atoms with E-state index in [9.17, 15) is 9.59 Å². The molecule has 0 saturated heterocycles. The van der Waals surface area contributed by atoms with E-state index in [4.69, 9.17) is 4.74 Å². The van der Waals surface area contributed by atoms with Crippen molar-refractivity contribution in [3.63, 3.8) is 0 Å². The van der Waals surface area contributed by atoms with Crippen molar-refractivity contribution in [2.75, 3.05) is 5.32 Å². The Hall–Kier alpha value is -2.70. The van der Waals surface area contributed by atoms with Gasteiger partial charge in [-0.15, -0.1) is 0 Å². The molecule has 2 aromatic rings. The van der Waals surface area contributed by atoms with Crippen molar-refractivity contribution in [2.24, 2.45) is 7.05 Å². The van der Waals surface area contributed by atoms with E-state index in [0.29, 0.717) is 16.9 Å². The Balaban J connectivity index is 2.02. The van der Waals surface area contributed by atoms with Gasteiger partial charge in [0.05, 0.1) is 22.6 Å². The van der Waals surface area contributed by atoms with Crippen molar-refractivity contribution in [2.45, 2.75) is 26.9 Å². The van der Waals surface area contributed by atoms with Gasteiger partial charge in [-0.05, 0) is 32.9 Å². The summed E-state index contributed by atoms with van der Waals surface area (Å²) in [5.41, 5.74) is 2.53. The summed E-state index contributed by atoms with van der Waals surface area (Å²) in [4.78, 5) is 27.9. The van der Waals surface area contributed by atoms with Crippen LogP contribution in [-0.2, 0) is 16.6 Å². The first-order valence-electron chi connectivity index (χ1n) is 6.82. The second kappa shape index (κ2) is 6.38. The molecule has 0 spiro atoms. The van der Waals surface area contributed by atoms with Gasteiger partial charge >= 0.3 is 5.97 Å². The lowest BCUT2D eigenvalue weighted by atomic mass is 10.2. The third kappa shape index (κ3) is 3.30.